The minimum atomic E-state index is -0.347. The first kappa shape index (κ1) is 66.1. The van der Waals surface area contributed by atoms with Gasteiger partial charge in [-0.1, -0.05) is 164 Å². The van der Waals surface area contributed by atoms with E-state index in [9.17, 15) is 31.1 Å². The molecule has 0 amide bonds. The van der Waals surface area contributed by atoms with E-state index in [0.29, 0.717) is 91.2 Å². The summed E-state index contributed by atoms with van der Waals surface area (Å²) in [4.78, 5) is 11.6. The van der Waals surface area contributed by atoms with Crippen LogP contribution in [0.2, 0.25) is 0 Å². The molecule has 5 aromatic carbocycles. The molecule has 1 aliphatic carbocycles. The number of ether oxygens (including phenoxy) is 1. The Morgan fingerprint density at radius 3 is 1.01 bits per heavy atom. The summed E-state index contributed by atoms with van der Waals surface area (Å²) in [6.45, 7) is 31.9. The zero-order valence-electron chi connectivity index (χ0n) is 54.0. The lowest BCUT2D eigenvalue weighted by atomic mass is 9.82. The summed E-state index contributed by atoms with van der Waals surface area (Å²) in [7, 11) is 0. The van der Waals surface area contributed by atoms with Crippen LogP contribution >= 0.6 is 0 Å². The van der Waals surface area contributed by atoms with E-state index in [4.69, 9.17) is 4.74 Å². The first-order chi connectivity index (χ1) is 41.6. The van der Waals surface area contributed by atoms with Crippen LogP contribution in [0.5, 0.6) is 0 Å². The monoisotopic (exact) mass is 1160 g/mol. The van der Waals surface area contributed by atoms with Gasteiger partial charge in [0.1, 0.15) is 5.69 Å². The Morgan fingerprint density at radius 1 is 0.420 bits per heavy atom. The second-order valence-electron chi connectivity index (χ2n) is 27.5. The van der Waals surface area contributed by atoms with Crippen LogP contribution in [0.25, 0.3) is 69.5 Å². The molecule has 0 N–H and O–H groups in total. The number of carbonyl (C=O) groups is 1. The SMILES string of the molecule is C=C(C)C(=O)OCCCCCCCCCCCn1cc(-c2cc3cc(c2)/C(C#N)=C/c2cc(cc(C(C)(C)C)c2)/C(C#N)=C/c2cc(cc(C(C)(C)C)c2)/C(C#N)=C/c2cc(cc(C(C)(C)C)c2)/C(C#N)=C/c2cc(cc(C(C)(C)C)c2)/C(C#N)=C/3)nn1. The van der Waals surface area contributed by atoms with Gasteiger partial charge in [-0.25, -0.2) is 4.79 Å². The normalized spacial score (nSPS) is 16.0. The number of esters is 1. The van der Waals surface area contributed by atoms with Crippen molar-refractivity contribution < 1.29 is 9.53 Å². The number of fused-ring (bicyclic) bond motifs is 10. The van der Waals surface area contributed by atoms with Crippen molar-refractivity contribution in [1.29, 1.82) is 26.3 Å². The maximum atomic E-state index is 11.6. The largest absolute Gasteiger partial charge is 0.462 e. The molecule has 1 aromatic heterocycles. The predicted molar refractivity (Wildman–Crippen MR) is 361 cm³/mol. The van der Waals surface area contributed by atoms with E-state index in [2.05, 4.69) is 155 Å². The van der Waals surface area contributed by atoms with Crippen LogP contribution < -0.4 is 0 Å². The van der Waals surface area contributed by atoms with Gasteiger partial charge in [-0.3, -0.25) is 4.68 Å². The summed E-state index contributed by atoms with van der Waals surface area (Å²) in [6.07, 6.45) is 20.8. The fourth-order valence-corrected chi connectivity index (χ4v) is 10.5. The van der Waals surface area contributed by atoms with E-state index in [-0.39, 0.29) is 27.6 Å². The van der Waals surface area contributed by atoms with Crippen molar-refractivity contribution in [3.05, 3.63) is 187 Å². The molecule has 0 atom stereocenters. The molecule has 1 heterocycles. The van der Waals surface area contributed by atoms with E-state index in [1.165, 1.54) is 0 Å². The average molecular weight is 1170 g/mol. The molecule has 6 aromatic rings. The Morgan fingerprint density at radius 2 is 0.705 bits per heavy atom. The molecule has 0 aliphatic heterocycles. The number of allylic oxidation sites excluding steroid dienone is 5. The molecule has 0 spiro atoms. The summed E-state index contributed by atoms with van der Waals surface area (Å²) in [6, 6.07) is 42.6. The van der Waals surface area contributed by atoms with Crippen molar-refractivity contribution in [3.8, 4) is 41.6 Å². The van der Waals surface area contributed by atoms with Gasteiger partial charge in [-0.15, -0.1) is 5.10 Å². The van der Waals surface area contributed by atoms with Crippen LogP contribution in [0.3, 0.4) is 0 Å². The summed E-state index contributed by atoms with van der Waals surface area (Å²) in [5, 5.41) is 64.8. The van der Waals surface area contributed by atoms with Gasteiger partial charge in [0.15, 0.2) is 0 Å². The van der Waals surface area contributed by atoms with Gasteiger partial charge in [0, 0.05) is 17.7 Å². The van der Waals surface area contributed by atoms with E-state index < -0.39 is 0 Å². The van der Waals surface area contributed by atoms with E-state index in [1.54, 1.807) is 6.92 Å². The molecule has 448 valence electrons. The average Bonchev–Trinajstić information content (AvgIpc) is 2.62. The first-order valence-corrected chi connectivity index (χ1v) is 30.7. The van der Waals surface area contributed by atoms with Gasteiger partial charge in [0.2, 0.25) is 0 Å². The summed E-state index contributed by atoms with van der Waals surface area (Å²) in [5.41, 5.74) is 13.2. The third-order valence-electron chi connectivity index (χ3n) is 15.9. The Labute approximate surface area is 523 Å². The lowest BCUT2D eigenvalue weighted by Gasteiger charge is -2.22. The van der Waals surface area contributed by atoms with Gasteiger partial charge in [-0.05, 0) is 216 Å². The number of nitrogens with zero attached hydrogens (tertiary/aromatic N) is 8. The number of aromatic nitrogens is 3. The van der Waals surface area contributed by atoms with Gasteiger partial charge in [-0.2, -0.15) is 26.3 Å². The second kappa shape index (κ2) is 28.4. The molecule has 1 aliphatic rings. The van der Waals surface area contributed by atoms with Gasteiger partial charge in [0.05, 0.1) is 71.0 Å². The number of unbranched alkanes of at least 4 members (excludes halogenated alkanes) is 8. The number of carbonyl (C=O) groups excluding carboxylic acids is 1. The number of benzene rings is 5. The highest BCUT2D eigenvalue weighted by Crippen LogP contribution is 2.37. The fraction of sp³-hybridized carbons (Fsp3) is 0.359. The molecule has 7 rings (SSSR count). The maximum absolute atomic E-state index is 11.6. The van der Waals surface area contributed by atoms with Crippen LogP contribution in [0.15, 0.2) is 109 Å². The zero-order valence-corrected chi connectivity index (χ0v) is 54.0. The molecular formula is C78H84N8O2. The number of hydrogen-bond acceptors (Lipinski definition) is 9. The lowest BCUT2D eigenvalue weighted by molar-refractivity contribution is -0.139. The highest BCUT2D eigenvalue weighted by molar-refractivity contribution is 5.98. The zero-order chi connectivity index (χ0) is 64.1. The molecule has 88 heavy (non-hydrogen) atoms. The van der Waals surface area contributed by atoms with Crippen molar-refractivity contribution in [2.24, 2.45) is 0 Å². The molecule has 10 heteroatoms. The molecule has 0 radical (unpaired) electrons. The van der Waals surface area contributed by atoms with Crippen molar-refractivity contribution in [2.45, 2.75) is 176 Å². The van der Waals surface area contributed by atoms with Crippen molar-refractivity contribution >= 4 is 64.2 Å². The maximum Gasteiger partial charge on any atom is 0.333 e. The van der Waals surface area contributed by atoms with Gasteiger partial charge >= 0.3 is 5.97 Å². The second-order valence-corrected chi connectivity index (χ2v) is 27.5. The van der Waals surface area contributed by atoms with Crippen molar-refractivity contribution in [3.63, 3.8) is 0 Å². The van der Waals surface area contributed by atoms with E-state index in [1.807, 2.05) is 108 Å². The smallest absolute Gasteiger partial charge is 0.333 e. The minimum Gasteiger partial charge on any atom is -0.462 e. The molecule has 10 nitrogen and oxygen atoms in total. The van der Waals surface area contributed by atoms with Crippen LogP contribution in [-0.2, 0) is 37.7 Å². The first-order valence-electron chi connectivity index (χ1n) is 30.7. The van der Waals surface area contributed by atoms with E-state index in [0.717, 1.165) is 102 Å². The Hall–Kier alpha value is -9.40. The lowest BCUT2D eigenvalue weighted by Crippen LogP contribution is -2.12. The predicted octanol–water partition coefficient (Wildman–Crippen LogP) is 19.4. The number of aryl methyl sites for hydroxylation is 1. The standard InChI is InChI=1S/C78H84N8O2/c1-52(2)74(87)88-25-23-21-19-17-15-16-18-20-22-24-86-51-73(84-85-86)63-31-53-26-58(41-63)64(46-79)33-54-27-60(43-69(37-54)75(3,4)5)66(48-81)35-56-29-62(45-71(39-56)77(9,10)11)68(50-83)36-57-30-61(44-72(40-57)78(12,13)14)67(49-82)34-55-28-59(65(32-53)47-80)42-70(38-55)76(6,7)8/h26-45,51H,1,15-25H2,2-14H3/b64-33+,65-32+,66-35+,67-34+,68-36+. The van der Waals surface area contributed by atoms with Crippen LogP contribution in [0.4, 0.5) is 0 Å². The Bertz CT molecular complexity index is 3990. The third-order valence-corrected chi connectivity index (χ3v) is 15.9. The molecule has 0 fully saturated rings. The third kappa shape index (κ3) is 17.9. The van der Waals surface area contributed by atoms with Crippen LogP contribution in [0.1, 0.15) is 226 Å². The molecular weight excluding hydrogens is 1080 g/mol. The molecule has 0 saturated heterocycles. The molecule has 0 saturated carbocycles. The van der Waals surface area contributed by atoms with Crippen molar-refractivity contribution in [1.82, 2.24) is 15.0 Å². The molecule has 0 unspecified atom stereocenters. The number of hydrogen-bond donors (Lipinski definition) is 0. The van der Waals surface area contributed by atoms with Gasteiger partial charge in [0.25, 0.3) is 0 Å². The summed E-state index contributed by atoms with van der Waals surface area (Å²) < 4.78 is 7.08. The highest BCUT2D eigenvalue weighted by Gasteiger charge is 2.23. The fourth-order valence-electron chi connectivity index (χ4n) is 10.5. The van der Waals surface area contributed by atoms with Crippen LogP contribution in [0, 0.1) is 56.7 Å². The van der Waals surface area contributed by atoms with Gasteiger partial charge < -0.3 is 4.74 Å². The van der Waals surface area contributed by atoms with Crippen molar-refractivity contribution in [2.75, 3.05) is 6.61 Å². The Balaban J connectivity index is 1.39. The highest BCUT2D eigenvalue weighted by atomic mass is 16.5. The summed E-state index contributed by atoms with van der Waals surface area (Å²) >= 11 is 0. The van der Waals surface area contributed by atoms with E-state index >= 15 is 0 Å². The minimum absolute atomic E-state index is 0.325. The number of nitriles is 5. The summed E-state index contributed by atoms with van der Waals surface area (Å²) in [5.74, 6) is -0.325. The molecule has 10 bridgehead atoms. The Kier molecular flexibility index (Phi) is 21.3. The quantitative estimate of drug-likeness (QED) is 0.0583. The topological polar surface area (TPSA) is 176 Å². The number of rotatable bonds is 14. The van der Waals surface area contributed by atoms with Crippen LogP contribution in [-0.4, -0.2) is 27.6 Å².